The van der Waals surface area contributed by atoms with Crippen molar-refractivity contribution in [3.05, 3.63) is 23.8 Å². The summed E-state index contributed by atoms with van der Waals surface area (Å²) in [6.07, 6.45) is 0. The lowest BCUT2D eigenvalue weighted by atomic mass is 10.0. The Morgan fingerprint density at radius 3 is 2.41 bits per heavy atom. The van der Waals surface area contributed by atoms with Gasteiger partial charge in [-0.3, -0.25) is 4.79 Å². The van der Waals surface area contributed by atoms with Crippen LogP contribution in [0, 0.1) is 0 Å². The largest absolute Gasteiger partial charge is 0.504 e. The molecule has 4 nitrogen and oxygen atoms in total. The van der Waals surface area contributed by atoms with E-state index in [1.807, 2.05) is 20.8 Å². The van der Waals surface area contributed by atoms with Crippen LogP contribution in [0.25, 0.3) is 0 Å². The average molecular weight is 302 g/mol. The van der Waals surface area contributed by atoms with Gasteiger partial charge in [-0.25, -0.2) is 0 Å². The summed E-state index contributed by atoms with van der Waals surface area (Å²) in [5.74, 6) is -0.839. The molecule has 17 heavy (non-hydrogen) atoms. The zero-order chi connectivity index (χ0) is 13.2. The minimum Gasteiger partial charge on any atom is -0.504 e. The van der Waals surface area contributed by atoms with E-state index in [4.69, 9.17) is 5.11 Å². The summed E-state index contributed by atoms with van der Waals surface area (Å²) >= 11 is 3.42. The number of rotatable bonds is 3. The molecule has 0 aliphatic heterocycles. The lowest BCUT2D eigenvalue weighted by Crippen LogP contribution is -2.48. The van der Waals surface area contributed by atoms with Gasteiger partial charge in [0.15, 0.2) is 11.5 Å². The third kappa shape index (κ3) is 3.36. The number of amides is 1. The highest BCUT2D eigenvalue weighted by Gasteiger charge is 2.26. The summed E-state index contributed by atoms with van der Waals surface area (Å²) < 4.78 is 0. The van der Waals surface area contributed by atoms with Gasteiger partial charge in [0.1, 0.15) is 0 Å². The first-order chi connectivity index (χ1) is 7.74. The van der Waals surface area contributed by atoms with Gasteiger partial charge in [0.25, 0.3) is 5.91 Å². The molecule has 0 heterocycles. The standard InChI is InChI=1S/C12H16BrNO3/c1-7(13)12(2,3)14-11(17)8-4-5-9(15)10(16)6-8/h4-7,15-16H,1-3H3,(H,14,17). The first-order valence-electron chi connectivity index (χ1n) is 5.22. The smallest absolute Gasteiger partial charge is 0.251 e. The first-order valence-corrected chi connectivity index (χ1v) is 6.14. The maximum Gasteiger partial charge on any atom is 0.251 e. The van der Waals surface area contributed by atoms with Gasteiger partial charge in [-0.05, 0) is 32.0 Å². The molecular weight excluding hydrogens is 286 g/mol. The van der Waals surface area contributed by atoms with Crippen LogP contribution >= 0.6 is 15.9 Å². The molecule has 0 aromatic heterocycles. The molecule has 1 amide bonds. The lowest BCUT2D eigenvalue weighted by Gasteiger charge is -2.29. The van der Waals surface area contributed by atoms with Gasteiger partial charge in [0, 0.05) is 15.9 Å². The minimum absolute atomic E-state index is 0.102. The Kier molecular flexibility index (Phi) is 4.03. The summed E-state index contributed by atoms with van der Waals surface area (Å²) in [5, 5.41) is 21.3. The number of alkyl halides is 1. The van der Waals surface area contributed by atoms with Gasteiger partial charge in [-0.15, -0.1) is 0 Å². The van der Waals surface area contributed by atoms with Crippen LogP contribution in [-0.4, -0.2) is 26.5 Å². The number of phenols is 2. The highest BCUT2D eigenvalue weighted by atomic mass is 79.9. The molecule has 0 saturated heterocycles. The van der Waals surface area contributed by atoms with E-state index in [0.29, 0.717) is 5.56 Å². The molecule has 0 spiro atoms. The van der Waals surface area contributed by atoms with Gasteiger partial charge in [-0.1, -0.05) is 22.9 Å². The normalized spacial score (nSPS) is 13.2. The molecular formula is C12H16BrNO3. The van der Waals surface area contributed by atoms with E-state index in [-0.39, 0.29) is 22.2 Å². The Labute approximate surface area is 109 Å². The fourth-order valence-corrected chi connectivity index (χ4v) is 1.24. The molecule has 3 N–H and O–H groups in total. The lowest BCUT2D eigenvalue weighted by molar-refractivity contribution is 0.0913. The monoisotopic (exact) mass is 301 g/mol. The van der Waals surface area contributed by atoms with Crippen LogP contribution in [-0.2, 0) is 0 Å². The number of nitrogens with one attached hydrogen (secondary N) is 1. The molecule has 0 radical (unpaired) electrons. The van der Waals surface area contributed by atoms with Gasteiger partial charge in [0.05, 0.1) is 0 Å². The summed E-state index contributed by atoms with van der Waals surface area (Å²) in [5.41, 5.74) is -0.105. The van der Waals surface area contributed by atoms with Crippen LogP contribution in [0.4, 0.5) is 0 Å². The van der Waals surface area contributed by atoms with Crippen LogP contribution in [0.2, 0.25) is 0 Å². The Balaban J connectivity index is 2.87. The summed E-state index contributed by atoms with van der Waals surface area (Å²) in [6.45, 7) is 5.73. The van der Waals surface area contributed by atoms with Crippen molar-refractivity contribution in [3.63, 3.8) is 0 Å². The van der Waals surface area contributed by atoms with Gasteiger partial charge in [0.2, 0.25) is 0 Å². The molecule has 1 aromatic carbocycles. The molecule has 0 aliphatic carbocycles. The second-order valence-electron chi connectivity index (χ2n) is 4.50. The van der Waals surface area contributed by atoms with E-state index < -0.39 is 5.54 Å². The van der Waals surface area contributed by atoms with Crippen molar-refractivity contribution in [1.82, 2.24) is 5.32 Å². The average Bonchev–Trinajstić information content (AvgIpc) is 2.21. The molecule has 1 aromatic rings. The van der Waals surface area contributed by atoms with Crippen molar-refractivity contribution < 1.29 is 15.0 Å². The number of halogens is 1. The maximum atomic E-state index is 11.9. The first kappa shape index (κ1) is 13.8. The fourth-order valence-electron chi connectivity index (χ4n) is 1.13. The Hall–Kier alpha value is -1.23. The Morgan fingerprint density at radius 2 is 1.94 bits per heavy atom. The molecule has 0 fully saturated rings. The van der Waals surface area contributed by atoms with Crippen molar-refractivity contribution in [2.24, 2.45) is 0 Å². The quantitative estimate of drug-likeness (QED) is 0.593. The molecule has 5 heteroatoms. The number of carbonyl (C=O) groups is 1. The summed E-state index contributed by atoms with van der Waals surface area (Å²) in [7, 11) is 0. The van der Waals surface area contributed by atoms with E-state index in [1.165, 1.54) is 18.2 Å². The second-order valence-corrected chi connectivity index (χ2v) is 5.87. The van der Waals surface area contributed by atoms with E-state index in [9.17, 15) is 9.90 Å². The van der Waals surface area contributed by atoms with Crippen LogP contribution in [0.1, 0.15) is 31.1 Å². The predicted molar refractivity (Wildman–Crippen MR) is 69.7 cm³/mol. The van der Waals surface area contributed by atoms with E-state index in [0.717, 1.165) is 0 Å². The number of carbonyl (C=O) groups excluding carboxylic acids is 1. The van der Waals surface area contributed by atoms with Crippen LogP contribution in [0.15, 0.2) is 18.2 Å². The second kappa shape index (κ2) is 4.96. The zero-order valence-corrected chi connectivity index (χ0v) is 11.6. The Morgan fingerprint density at radius 1 is 1.35 bits per heavy atom. The third-order valence-electron chi connectivity index (χ3n) is 2.67. The third-order valence-corrected chi connectivity index (χ3v) is 3.81. The topological polar surface area (TPSA) is 69.6 Å². The molecule has 0 aliphatic rings. The van der Waals surface area contributed by atoms with E-state index >= 15 is 0 Å². The predicted octanol–water partition coefficient (Wildman–Crippen LogP) is 2.39. The zero-order valence-electron chi connectivity index (χ0n) is 9.99. The number of benzene rings is 1. The van der Waals surface area contributed by atoms with E-state index in [1.54, 1.807) is 0 Å². The number of hydrogen-bond acceptors (Lipinski definition) is 3. The van der Waals surface area contributed by atoms with Crippen LogP contribution in [0.5, 0.6) is 11.5 Å². The summed E-state index contributed by atoms with van der Waals surface area (Å²) in [4.78, 5) is 12.0. The molecule has 1 rings (SSSR count). The van der Waals surface area contributed by atoms with E-state index in [2.05, 4.69) is 21.2 Å². The van der Waals surface area contributed by atoms with Gasteiger partial charge >= 0.3 is 0 Å². The van der Waals surface area contributed by atoms with Crippen molar-refractivity contribution in [1.29, 1.82) is 0 Å². The Bertz CT molecular complexity index is 430. The number of aromatic hydroxyl groups is 2. The van der Waals surface area contributed by atoms with Gasteiger partial charge < -0.3 is 15.5 Å². The van der Waals surface area contributed by atoms with Crippen molar-refractivity contribution >= 4 is 21.8 Å². The fraction of sp³-hybridized carbons (Fsp3) is 0.417. The van der Waals surface area contributed by atoms with Gasteiger partial charge in [-0.2, -0.15) is 0 Å². The van der Waals surface area contributed by atoms with Crippen LogP contribution < -0.4 is 5.32 Å². The van der Waals surface area contributed by atoms with Crippen molar-refractivity contribution in [2.75, 3.05) is 0 Å². The minimum atomic E-state index is -0.412. The number of phenolic OH excluding ortho intramolecular Hbond substituents is 2. The van der Waals surface area contributed by atoms with Crippen molar-refractivity contribution in [2.45, 2.75) is 31.1 Å². The molecule has 1 unspecified atom stereocenters. The SMILES string of the molecule is CC(Br)C(C)(C)NC(=O)c1ccc(O)c(O)c1. The highest BCUT2D eigenvalue weighted by molar-refractivity contribution is 9.09. The molecule has 94 valence electrons. The molecule has 1 atom stereocenters. The van der Waals surface area contributed by atoms with Crippen LogP contribution in [0.3, 0.4) is 0 Å². The molecule has 0 bridgehead atoms. The van der Waals surface area contributed by atoms with Crippen molar-refractivity contribution in [3.8, 4) is 11.5 Å². The number of hydrogen-bond donors (Lipinski definition) is 3. The highest BCUT2D eigenvalue weighted by Crippen LogP contribution is 2.25. The maximum absolute atomic E-state index is 11.9. The summed E-state index contributed by atoms with van der Waals surface area (Å²) in [6, 6.07) is 3.98. The molecule has 0 saturated carbocycles.